The molecule has 2 aromatic rings. The van der Waals surface area contributed by atoms with Crippen LogP contribution in [0.15, 0.2) is 22.8 Å². The van der Waals surface area contributed by atoms with E-state index in [-0.39, 0.29) is 5.76 Å². The molecule has 0 aromatic carbocycles. The zero-order chi connectivity index (χ0) is 18.0. The number of furan rings is 1. The van der Waals surface area contributed by atoms with Gasteiger partial charge in [0.2, 0.25) is 5.76 Å². The maximum atomic E-state index is 9.92. The lowest BCUT2D eigenvalue weighted by atomic mass is 10.0. The van der Waals surface area contributed by atoms with E-state index in [1.165, 1.54) is 0 Å². The second kappa shape index (κ2) is 6.87. The van der Waals surface area contributed by atoms with Crippen molar-refractivity contribution in [3.8, 4) is 6.07 Å². The fourth-order valence-electron chi connectivity index (χ4n) is 3.00. The van der Waals surface area contributed by atoms with E-state index in [1.54, 1.807) is 32.2 Å². The molecule has 0 atom stereocenters. The minimum Gasteiger partial charge on any atom is -0.443 e. The quantitative estimate of drug-likeness (QED) is 0.890. The first-order chi connectivity index (χ1) is 11.9. The molecule has 2 aromatic heterocycles. The first-order valence-corrected chi connectivity index (χ1v) is 8.55. The molecule has 0 unspecified atom stereocenters. The molecule has 3 heterocycles. The third-order valence-corrected chi connectivity index (χ3v) is 4.44. The van der Waals surface area contributed by atoms with Crippen molar-refractivity contribution < 1.29 is 9.52 Å². The minimum atomic E-state index is -0.960. The Morgan fingerprint density at radius 3 is 2.80 bits per heavy atom. The van der Waals surface area contributed by atoms with Gasteiger partial charge in [0, 0.05) is 17.0 Å². The van der Waals surface area contributed by atoms with Crippen LogP contribution < -0.4 is 5.32 Å². The molecule has 1 aliphatic rings. The summed E-state index contributed by atoms with van der Waals surface area (Å²) >= 11 is 0. The maximum Gasteiger partial charge on any atom is 0.212 e. The topological polar surface area (TPSA) is 85.3 Å². The fourth-order valence-corrected chi connectivity index (χ4v) is 3.00. The Balaban J connectivity index is 1.90. The lowest BCUT2D eigenvalue weighted by molar-refractivity contribution is 0.134. The molecule has 0 spiro atoms. The Morgan fingerprint density at radius 2 is 2.16 bits per heavy atom. The molecule has 1 fully saturated rings. The largest absolute Gasteiger partial charge is 0.443 e. The summed E-state index contributed by atoms with van der Waals surface area (Å²) in [7, 11) is 2.14. The zero-order valence-corrected chi connectivity index (χ0v) is 14.9. The van der Waals surface area contributed by atoms with Crippen LogP contribution in [0.2, 0.25) is 0 Å². The van der Waals surface area contributed by atoms with E-state index in [0.29, 0.717) is 17.2 Å². The molecule has 3 rings (SSSR count). The molecule has 0 bridgehead atoms. The van der Waals surface area contributed by atoms with E-state index < -0.39 is 5.60 Å². The number of hydrogen-bond donors (Lipinski definition) is 2. The summed E-state index contributed by atoms with van der Waals surface area (Å²) in [5.41, 5.74) is 0.285. The molecule has 2 N–H and O–H groups in total. The molecule has 0 radical (unpaired) electrons. The molecule has 1 saturated heterocycles. The monoisotopic (exact) mass is 340 g/mol. The van der Waals surface area contributed by atoms with Crippen molar-refractivity contribution in [1.29, 1.82) is 5.26 Å². The number of nitrogens with one attached hydrogen (secondary N) is 1. The van der Waals surface area contributed by atoms with Gasteiger partial charge in [0.05, 0.1) is 11.8 Å². The van der Waals surface area contributed by atoms with Crippen LogP contribution in [0.1, 0.15) is 38.0 Å². The summed E-state index contributed by atoms with van der Waals surface area (Å²) in [5, 5.41) is 23.5. The fraction of sp³-hybridized carbons (Fsp3) is 0.474. The molecule has 132 valence electrons. The van der Waals surface area contributed by atoms with E-state index >= 15 is 0 Å². The molecule has 1 aliphatic heterocycles. The first kappa shape index (κ1) is 17.5. The van der Waals surface area contributed by atoms with Gasteiger partial charge in [-0.2, -0.15) is 5.26 Å². The number of fused-ring (bicyclic) bond motifs is 1. The smallest absolute Gasteiger partial charge is 0.212 e. The van der Waals surface area contributed by atoms with Crippen molar-refractivity contribution >= 4 is 22.9 Å². The average Bonchev–Trinajstić information content (AvgIpc) is 2.91. The van der Waals surface area contributed by atoms with E-state index in [2.05, 4.69) is 28.3 Å². The van der Waals surface area contributed by atoms with Gasteiger partial charge in [-0.3, -0.25) is 0 Å². The predicted molar refractivity (Wildman–Crippen MR) is 98.2 cm³/mol. The maximum absolute atomic E-state index is 9.92. The van der Waals surface area contributed by atoms with Crippen LogP contribution in [-0.4, -0.2) is 46.8 Å². The van der Waals surface area contributed by atoms with Gasteiger partial charge in [0.1, 0.15) is 11.9 Å². The summed E-state index contributed by atoms with van der Waals surface area (Å²) in [6.45, 7) is 5.52. The highest BCUT2D eigenvalue weighted by Gasteiger charge is 2.18. The van der Waals surface area contributed by atoms with Crippen molar-refractivity contribution in [3.05, 3.63) is 29.7 Å². The van der Waals surface area contributed by atoms with Gasteiger partial charge in [-0.25, -0.2) is 4.98 Å². The van der Waals surface area contributed by atoms with Gasteiger partial charge in [0.25, 0.3) is 0 Å². The number of rotatable bonds is 4. The van der Waals surface area contributed by atoms with E-state index in [4.69, 9.17) is 4.42 Å². The first-order valence-electron chi connectivity index (χ1n) is 8.55. The van der Waals surface area contributed by atoms with Crippen LogP contribution >= 0.6 is 0 Å². The van der Waals surface area contributed by atoms with Crippen molar-refractivity contribution in [2.24, 2.45) is 0 Å². The Kier molecular flexibility index (Phi) is 4.80. The van der Waals surface area contributed by atoms with E-state index in [9.17, 15) is 10.4 Å². The Bertz CT molecular complexity index is 818. The summed E-state index contributed by atoms with van der Waals surface area (Å²) in [5.74, 6) is 1.01. The van der Waals surface area contributed by atoms with Gasteiger partial charge in [-0.1, -0.05) is 12.2 Å². The van der Waals surface area contributed by atoms with Gasteiger partial charge in [-0.05, 0) is 52.9 Å². The van der Waals surface area contributed by atoms with Crippen LogP contribution in [0.5, 0.6) is 0 Å². The van der Waals surface area contributed by atoms with Crippen molar-refractivity contribution in [1.82, 2.24) is 9.88 Å². The van der Waals surface area contributed by atoms with Gasteiger partial charge in [-0.15, -0.1) is 0 Å². The van der Waals surface area contributed by atoms with Crippen molar-refractivity contribution in [2.45, 2.75) is 38.3 Å². The second-order valence-electron chi connectivity index (χ2n) is 7.23. The number of nitrogens with zero attached hydrogens (tertiary/aromatic N) is 3. The summed E-state index contributed by atoms with van der Waals surface area (Å²) < 4.78 is 5.58. The van der Waals surface area contributed by atoms with Crippen LogP contribution in [0, 0.1) is 11.3 Å². The number of aliphatic hydroxyl groups is 1. The number of anilines is 1. The standard InChI is InChI=1S/C19H24N4O2/c1-19(2,24)7-4-14-15-10-18(21-12-17(15)25-16(14)11-20)22-13-5-8-23(3)9-6-13/h4,7,10,12-13,24H,5-6,8-9H2,1-3H3,(H,21,22)/b7-4+. The van der Waals surface area contributed by atoms with Gasteiger partial charge in [0.15, 0.2) is 5.58 Å². The Morgan fingerprint density at radius 1 is 1.44 bits per heavy atom. The lowest BCUT2D eigenvalue weighted by Gasteiger charge is -2.29. The minimum absolute atomic E-state index is 0.230. The number of hydrogen-bond acceptors (Lipinski definition) is 6. The molecule has 25 heavy (non-hydrogen) atoms. The van der Waals surface area contributed by atoms with Gasteiger partial charge >= 0.3 is 0 Å². The molecule has 0 amide bonds. The van der Waals surface area contributed by atoms with E-state index in [1.807, 2.05) is 6.07 Å². The van der Waals surface area contributed by atoms with Crippen molar-refractivity contribution in [2.75, 3.05) is 25.5 Å². The number of likely N-dealkylation sites (tertiary alicyclic amines) is 1. The number of piperidine rings is 1. The normalized spacial score (nSPS) is 17.2. The van der Waals surface area contributed by atoms with Crippen LogP contribution in [0.25, 0.3) is 17.0 Å². The average molecular weight is 340 g/mol. The number of nitriles is 1. The molecule has 6 nitrogen and oxygen atoms in total. The number of aromatic nitrogens is 1. The highest BCUT2D eigenvalue weighted by Crippen LogP contribution is 2.29. The van der Waals surface area contributed by atoms with Crippen LogP contribution in [0.4, 0.5) is 5.82 Å². The molecular formula is C19H24N4O2. The summed E-state index contributed by atoms with van der Waals surface area (Å²) in [6, 6.07) is 4.39. The van der Waals surface area contributed by atoms with E-state index in [0.717, 1.165) is 37.1 Å². The molecule has 0 saturated carbocycles. The molecule has 0 aliphatic carbocycles. The Labute approximate surface area is 147 Å². The zero-order valence-electron chi connectivity index (χ0n) is 14.9. The highest BCUT2D eigenvalue weighted by atomic mass is 16.3. The lowest BCUT2D eigenvalue weighted by Crippen LogP contribution is -2.36. The van der Waals surface area contributed by atoms with Crippen LogP contribution in [-0.2, 0) is 0 Å². The Hall–Kier alpha value is -2.36. The summed E-state index contributed by atoms with van der Waals surface area (Å²) in [6.07, 6.45) is 7.20. The third-order valence-electron chi connectivity index (χ3n) is 4.44. The SMILES string of the molecule is CN1CCC(Nc2cc3c(/C=C/C(C)(C)O)c(C#N)oc3cn2)CC1. The van der Waals surface area contributed by atoms with Gasteiger partial charge < -0.3 is 19.7 Å². The molecular weight excluding hydrogens is 316 g/mol. The predicted octanol–water partition coefficient (Wildman–Crippen LogP) is 2.99. The second-order valence-corrected chi connectivity index (χ2v) is 7.23. The molecule has 6 heteroatoms. The number of pyridine rings is 1. The van der Waals surface area contributed by atoms with Crippen LogP contribution in [0.3, 0.4) is 0 Å². The van der Waals surface area contributed by atoms with Crippen molar-refractivity contribution in [3.63, 3.8) is 0 Å². The highest BCUT2D eigenvalue weighted by molar-refractivity contribution is 5.90. The summed E-state index contributed by atoms with van der Waals surface area (Å²) in [4.78, 5) is 6.74. The third kappa shape index (κ3) is 4.19.